The lowest BCUT2D eigenvalue weighted by Gasteiger charge is -2.39. The molecule has 62 heavy (non-hydrogen) atoms. The predicted molar refractivity (Wildman–Crippen MR) is 233 cm³/mol. The van der Waals surface area contributed by atoms with Gasteiger partial charge < -0.3 is 39.7 Å². The molecule has 4 amide bonds. The van der Waals surface area contributed by atoms with Crippen molar-refractivity contribution in [2.24, 2.45) is 0 Å². The molecule has 1 saturated heterocycles. The molecular formula is C47H59N5O10. The van der Waals surface area contributed by atoms with Crippen molar-refractivity contribution in [3.05, 3.63) is 101 Å². The molecule has 1 fully saturated rings. The van der Waals surface area contributed by atoms with Gasteiger partial charge in [-0.3, -0.25) is 14.6 Å². The molecule has 5 atom stereocenters. The molecule has 4 N–H and O–H groups in total. The van der Waals surface area contributed by atoms with Crippen molar-refractivity contribution in [2.45, 2.75) is 128 Å². The van der Waals surface area contributed by atoms with Crippen LogP contribution in [0.15, 0.2) is 79.0 Å². The number of benzene rings is 3. The van der Waals surface area contributed by atoms with Gasteiger partial charge in [0.25, 0.3) is 0 Å². The lowest BCUT2D eigenvalue weighted by molar-refractivity contribution is -0.145. The number of para-hydroxylation sites is 2. The number of methoxy groups -OCH3 is 1. The largest absolute Gasteiger partial charge is 0.467 e. The van der Waals surface area contributed by atoms with E-state index < -0.39 is 76.7 Å². The molecule has 3 heterocycles. The molecule has 15 nitrogen and oxygen atoms in total. The van der Waals surface area contributed by atoms with Gasteiger partial charge in [0.2, 0.25) is 5.91 Å². The van der Waals surface area contributed by atoms with E-state index in [-0.39, 0.29) is 25.9 Å². The van der Waals surface area contributed by atoms with Gasteiger partial charge in [-0.1, -0.05) is 66.7 Å². The number of hydrogen-bond donors (Lipinski definition) is 4. The first kappa shape index (κ1) is 45.4. The monoisotopic (exact) mass is 853 g/mol. The van der Waals surface area contributed by atoms with E-state index in [0.717, 1.165) is 16.5 Å². The zero-order valence-corrected chi connectivity index (χ0v) is 37.2. The summed E-state index contributed by atoms with van der Waals surface area (Å²) < 4.78 is 22.7. The first-order chi connectivity index (χ1) is 29.1. The number of aromatic nitrogens is 1. The lowest BCUT2D eigenvalue weighted by atomic mass is 9.71. The topological polar surface area (TPSA) is 189 Å². The first-order valence-electron chi connectivity index (χ1n) is 20.8. The van der Waals surface area contributed by atoms with Crippen LogP contribution in [0.1, 0.15) is 91.0 Å². The molecule has 0 saturated carbocycles. The van der Waals surface area contributed by atoms with Gasteiger partial charge in [0.05, 0.1) is 30.9 Å². The third-order valence-electron chi connectivity index (χ3n) is 10.7. The number of fused-ring (bicyclic) bond motifs is 4. The SMILES string of the molecule is COC(=O)[C@@H](Cc1ccccc1)NC(=O)[C@@H]1C[C@]2(c3cccc4c(C[C@@H](CO)NC(=O)OC(C)(C)C)c[nH]c34)c3ccccc3N(C(=O)OC(C)(C)C)[C@@H]2N1C(=O)OC(C)(C)C. The number of carbonyl (C=O) groups is 5. The van der Waals surface area contributed by atoms with Gasteiger partial charge in [0.1, 0.15) is 35.1 Å². The molecule has 15 heteroatoms. The summed E-state index contributed by atoms with van der Waals surface area (Å²) in [6, 6.07) is 19.0. The molecule has 0 radical (unpaired) electrons. The highest BCUT2D eigenvalue weighted by atomic mass is 16.6. The standard InChI is InChI=1S/C47H59N5O10/c1-44(2,3)60-41(56)49-30(27-53)24-29-26-48-37-31(29)19-16-21-33(37)47-25-36(38(54)50-34(39(55)59-10)23-28-17-12-11-13-18-28)52(43(58)62-46(7,8)9)40(47)51(42(57)61-45(4,5)6)35-22-15-14-20-32(35)47/h11-22,26,30,34,36,40,48,53H,23-25,27H2,1-10H3,(H,49,56)(H,50,54)/t30-,34+,36-,40+,47+/m0/s1. The molecule has 0 unspecified atom stereocenters. The number of ether oxygens (including phenoxy) is 4. The van der Waals surface area contributed by atoms with Crippen molar-refractivity contribution in [3.8, 4) is 0 Å². The number of aliphatic hydroxyl groups excluding tert-OH is 1. The van der Waals surface area contributed by atoms with Crippen LogP contribution < -0.4 is 15.5 Å². The van der Waals surface area contributed by atoms with Crippen LogP contribution in [0.4, 0.5) is 20.1 Å². The Morgan fingerprint density at radius 1 is 0.774 bits per heavy atom. The fourth-order valence-electron chi connectivity index (χ4n) is 8.47. The van der Waals surface area contributed by atoms with E-state index in [4.69, 9.17) is 18.9 Å². The summed E-state index contributed by atoms with van der Waals surface area (Å²) in [5.74, 6) is -1.33. The van der Waals surface area contributed by atoms with Crippen molar-refractivity contribution in [1.29, 1.82) is 0 Å². The molecule has 0 bridgehead atoms. The molecule has 3 aromatic carbocycles. The Bertz CT molecular complexity index is 2310. The minimum atomic E-state index is -1.31. The van der Waals surface area contributed by atoms with Crippen molar-refractivity contribution >= 4 is 46.7 Å². The smallest absolute Gasteiger partial charge is 0.416 e. The van der Waals surface area contributed by atoms with E-state index in [2.05, 4.69) is 15.6 Å². The number of aromatic amines is 1. The summed E-state index contributed by atoms with van der Waals surface area (Å²) in [5.41, 5.74) is -0.0528. The van der Waals surface area contributed by atoms with Crippen molar-refractivity contribution in [2.75, 3.05) is 18.6 Å². The fraction of sp³-hybridized carbons (Fsp3) is 0.468. The number of aliphatic hydroxyl groups is 1. The van der Waals surface area contributed by atoms with E-state index >= 15 is 0 Å². The number of hydrogen-bond acceptors (Lipinski definition) is 10. The number of esters is 1. The Balaban J connectivity index is 1.54. The number of rotatable bonds is 10. The van der Waals surface area contributed by atoms with Crippen LogP contribution in [0, 0.1) is 0 Å². The number of nitrogens with one attached hydrogen (secondary N) is 3. The summed E-state index contributed by atoms with van der Waals surface area (Å²) >= 11 is 0. The van der Waals surface area contributed by atoms with Gasteiger partial charge in [-0.2, -0.15) is 0 Å². The Labute approximate surface area is 362 Å². The minimum Gasteiger partial charge on any atom is -0.467 e. The fourth-order valence-corrected chi connectivity index (χ4v) is 8.47. The van der Waals surface area contributed by atoms with Crippen LogP contribution in [0.25, 0.3) is 10.9 Å². The van der Waals surface area contributed by atoms with Crippen molar-refractivity contribution in [1.82, 2.24) is 20.5 Å². The van der Waals surface area contributed by atoms with Gasteiger partial charge in [-0.25, -0.2) is 19.2 Å². The maximum atomic E-state index is 15.0. The molecule has 2 aliphatic rings. The first-order valence-corrected chi connectivity index (χ1v) is 20.8. The number of anilines is 1. The molecule has 2 aliphatic heterocycles. The second kappa shape index (κ2) is 17.3. The van der Waals surface area contributed by atoms with Gasteiger partial charge in [-0.15, -0.1) is 0 Å². The Hall–Kier alpha value is -6.09. The number of alkyl carbamates (subject to hydrolysis) is 1. The zero-order chi connectivity index (χ0) is 45.4. The molecule has 4 aromatic rings. The van der Waals surface area contributed by atoms with E-state index in [1.165, 1.54) is 16.9 Å². The van der Waals surface area contributed by atoms with E-state index in [0.29, 0.717) is 22.3 Å². The third-order valence-corrected chi connectivity index (χ3v) is 10.7. The quantitative estimate of drug-likeness (QED) is 0.0968. The number of nitrogens with zero attached hydrogens (tertiary/aromatic N) is 2. The molecular weight excluding hydrogens is 795 g/mol. The Kier molecular flexibility index (Phi) is 12.7. The van der Waals surface area contributed by atoms with Gasteiger partial charge >= 0.3 is 24.2 Å². The van der Waals surface area contributed by atoms with Crippen LogP contribution in [-0.2, 0) is 46.8 Å². The normalized spacial score (nSPS) is 19.5. The van der Waals surface area contributed by atoms with Crippen LogP contribution in [-0.4, -0.2) is 100.0 Å². The molecule has 332 valence electrons. The van der Waals surface area contributed by atoms with Crippen LogP contribution in [0.3, 0.4) is 0 Å². The van der Waals surface area contributed by atoms with Gasteiger partial charge in [0.15, 0.2) is 0 Å². The minimum absolute atomic E-state index is 0.0504. The maximum Gasteiger partial charge on any atom is 0.416 e. The highest BCUT2D eigenvalue weighted by Gasteiger charge is 2.67. The number of amides is 4. The van der Waals surface area contributed by atoms with Crippen molar-refractivity contribution in [3.63, 3.8) is 0 Å². The van der Waals surface area contributed by atoms with Crippen molar-refractivity contribution < 1.29 is 48.0 Å². The highest BCUT2D eigenvalue weighted by molar-refractivity contribution is 5.99. The summed E-state index contributed by atoms with van der Waals surface area (Å²) in [6.45, 7) is 15.3. The van der Waals surface area contributed by atoms with E-state index in [9.17, 15) is 29.1 Å². The summed E-state index contributed by atoms with van der Waals surface area (Å²) in [7, 11) is 1.24. The van der Waals surface area contributed by atoms with Crippen LogP contribution in [0.2, 0.25) is 0 Å². The van der Waals surface area contributed by atoms with Gasteiger partial charge in [-0.05, 0) is 103 Å². The third kappa shape index (κ3) is 9.52. The summed E-state index contributed by atoms with van der Waals surface area (Å²) in [5, 5.41) is 16.8. The molecule has 6 rings (SSSR count). The number of likely N-dealkylation sites (tertiary alicyclic amines) is 1. The maximum absolute atomic E-state index is 15.0. The lowest BCUT2D eigenvalue weighted by Crippen LogP contribution is -2.59. The second-order valence-corrected chi connectivity index (χ2v) is 18.9. The van der Waals surface area contributed by atoms with E-state index in [1.54, 1.807) is 80.6 Å². The Morgan fingerprint density at radius 2 is 1.39 bits per heavy atom. The average molecular weight is 854 g/mol. The molecule has 0 aliphatic carbocycles. The van der Waals surface area contributed by atoms with Crippen LogP contribution >= 0.6 is 0 Å². The van der Waals surface area contributed by atoms with Crippen LogP contribution in [0.5, 0.6) is 0 Å². The van der Waals surface area contributed by atoms with Gasteiger partial charge in [0, 0.05) is 23.5 Å². The average Bonchev–Trinajstić information content (AvgIpc) is 3.84. The zero-order valence-electron chi connectivity index (χ0n) is 37.2. The summed E-state index contributed by atoms with van der Waals surface area (Å²) in [4.78, 5) is 76.7. The molecule has 0 spiro atoms. The van der Waals surface area contributed by atoms with E-state index in [1.807, 2.05) is 60.7 Å². The Morgan fingerprint density at radius 3 is 2.02 bits per heavy atom. The second-order valence-electron chi connectivity index (χ2n) is 18.9. The summed E-state index contributed by atoms with van der Waals surface area (Å²) in [6.07, 6.45) is -1.42. The molecule has 1 aromatic heterocycles. The number of carbonyl (C=O) groups excluding carboxylic acids is 5. The highest BCUT2D eigenvalue weighted by Crippen LogP contribution is 2.59. The number of H-pyrrole nitrogens is 1. The predicted octanol–water partition coefficient (Wildman–Crippen LogP) is 6.87.